The molecule has 0 fully saturated rings. The van der Waals surface area contributed by atoms with Gasteiger partial charge in [0, 0.05) is 6.07 Å². The lowest BCUT2D eigenvalue weighted by atomic mass is 9.92. The van der Waals surface area contributed by atoms with Crippen LogP contribution in [0.1, 0.15) is 12.5 Å². The van der Waals surface area contributed by atoms with Crippen LogP contribution in [-0.4, -0.2) is 15.0 Å². The number of hydrogen-bond acceptors (Lipinski definition) is 1. The van der Waals surface area contributed by atoms with Gasteiger partial charge in [-0.15, -0.1) is 0 Å². The first kappa shape index (κ1) is 9.11. The molecule has 12 heavy (non-hydrogen) atoms. The molecule has 64 valence electrons. The quantitative estimate of drug-likeness (QED) is 0.586. The molecule has 1 rings (SSSR count). The average molecular weight is 166 g/mol. The van der Waals surface area contributed by atoms with Gasteiger partial charge < -0.3 is 4.74 Å². The minimum absolute atomic E-state index is 0.181. The van der Waals surface area contributed by atoms with Gasteiger partial charge in [-0.3, -0.25) is 0 Å². The predicted molar refractivity (Wildman–Crippen MR) is 50.5 cm³/mol. The fourth-order valence-electron chi connectivity index (χ4n) is 1.21. The average Bonchev–Trinajstić information content (AvgIpc) is 2.08. The summed E-state index contributed by atoms with van der Waals surface area (Å²) < 4.78 is 18.1. The first-order chi connectivity index (χ1) is 5.69. The van der Waals surface area contributed by atoms with Gasteiger partial charge in [-0.1, -0.05) is 13.0 Å². The van der Waals surface area contributed by atoms with Crippen LogP contribution in [0.3, 0.4) is 0 Å². The van der Waals surface area contributed by atoms with Crippen molar-refractivity contribution < 1.29 is 9.13 Å². The highest BCUT2D eigenvalue weighted by Gasteiger charge is 2.04. The van der Waals surface area contributed by atoms with Gasteiger partial charge in [-0.2, -0.15) is 0 Å². The molecular formula is C9H12BFO. The van der Waals surface area contributed by atoms with Crippen molar-refractivity contribution in [2.45, 2.75) is 13.3 Å². The van der Waals surface area contributed by atoms with E-state index in [9.17, 15) is 4.39 Å². The third kappa shape index (κ3) is 1.60. The highest BCUT2D eigenvalue weighted by Crippen LogP contribution is 2.13. The summed E-state index contributed by atoms with van der Waals surface area (Å²) in [5.74, 6) is 0.435. The maximum Gasteiger partial charge on any atom is 0.144 e. The van der Waals surface area contributed by atoms with Crippen LogP contribution in [0.4, 0.5) is 4.39 Å². The Bertz CT molecular complexity index is 256. The maximum atomic E-state index is 13.1. The number of ether oxygens (including phenoxy) is 1. The molecule has 3 heteroatoms. The number of benzene rings is 1. The van der Waals surface area contributed by atoms with E-state index in [2.05, 4.69) is 0 Å². The molecule has 0 aromatic heterocycles. The smallest absolute Gasteiger partial charge is 0.144 e. The van der Waals surface area contributed by atoms with Crippen molar-refractivity contribution in [2.24, 2.45) is 0 Å². The molecule has 0 aliphatic carbocycles. The molecule has 0 amide bonds. The van der Waals surface area contributed by atoms with Gasteiger partial charge in [-0.25, -0.2) is 4.39 Å². The van der Waals surface area contributed by atoms with Crippen molar-refractivity contribution in [1.82, 2.24) is 0 Å². The van der Waals surface area contributed by atoms with Crippen LogP contribution in [0, 0.1) is 5.82 Å². The van der Waals surface area contributed by atoms with E-state index < -0.39 is 0 Å². The fourth-order valence-corrected chi connectivity index (χ4v) is 1.21. The van der Waals surface area contributed by atoms with Gasteiger partial charge in [0.1, 0.15) is 19.4 Å². The lowest BCUT2D eigenvalue weighted by Crippen LogP contribution is -2.09. The Kier molecular flexibility index (Phi) is 2.74. The molecule has 1 aromatic rings. The largest absolute Gasteiger partial charge is 0.497 e. The minimum Gasteiger partial charge on any atom is -0.497 e. The molecule has 0 atom stereocenters. The van der Waals surface area contributed by atoms with E-state index in [0.29, 0.717) is 5.75 Å². The van der Waals surface area contributed by atoms with Crippen LogP contribution < -0.4 is 10.2 Å². The topological polar surface area (TPSA) is 9.23 Å². The second-order valence-corrected chi connectivity index (χ2v) is 2.77. The fraction of sp³-hybridized carbons (Fsp3) is 0.333. The van der Waals surface area contributed by atoms with Crippen LogP contribution in [0.15, 0.2) is 12.1 Å². The molecule has 1 aromatic carbocycles. The molecule has 0 bridgehead atoms. The Labute approximate surface area is 73.0 Å². The van der Waals surface area contributed by atoms with E-state index in [0.717, 1.165) is 17.4 Å². The second-order valence-electron chi connectivity index (χ2n) is 2.77. The van der Waals surface area contributed by atoms with Crippen LogP contribution in [-0.2, 0) is 6.42 Å². The number of hydrogen-bond donors (Lipinski definition) is 0. The molecule has 0 spiro atoms. The monoisotopic (exact) mass is 166 g/mol. The summed E-state index contributed by atoms with van der Waals surface area (Å²) in [4.78, 5) is 0. The minimum atomic E-state index is -0.181. The zero-order chi connectivity index (χ0) is 9.14. The summed E-state index contributed by atoms with van der Waals surface area (Å²) in [7, 11) is 3.46. The van der Waals surface area contributed by atoms with Crippen molar-refractivity contribution >= 4 is 13.3 Å². The third-order valence-electron chi connectivity index (χ3n) is 1.94. The molecule has 0 saturated heterocycles. The molecule has 0 unspecified atom stereocenters. The van der Waals surface area contributed by atoms with Crippen LogP contribution in [0.5, 0.6) is 5.75 Å². The number of methoxy groups -OCH3 is 1. The van der Waals surface area contributed by atoms with Crippen molar-refractivity contribution in [3.63, 3.8) is 0 Å². The first-order valence-electron chi connectivity index (χ1n) is 4.02. The van der Waals surface area contributed by atoms with E-state index in [1.54, 1.807) is 7.11 Å². The number of rotatable bonds is 2. The predicted octanol–water partition coefficient (Wildman–Crippen LogP) is 0.655. The first-order valence-corrected chi connectivity index (χ1v) is 4.02. The zero-order valence-electron chi connectivity index (χ0n) is 7.65. The van der Waals surface area contributed by atoms with Gasteiger partial charge in [0.2, 0.25) is 0 Å². The van der Waals surface area contributed by atoms with E-state index in [1.165, 1.54) is 6.07 Å². The molecule has 0 aliphatic heterocycles. The van der Waals surface area contributed by atoms with Gasteiger partial charge in [-0.05, 0) is 17.4 Å². The van der Waals surface area contributed by atoms with Gasteiger partial charge >= 0.3 is 0 Å². The zero-order valence-corrected chi connectivity index (χ0v) is 7.65. The Morgan fingerprint density at radius 1 is 1.50 bits per heavy atom. The van der Waals surface area contributed by atoms with Crippen molar-refractivity contribution in [3.05, 3.63) is 23.5 Å². The summed E-state index contributed by atoms with van der Waals surface area (Å²) in [6, 6.07) is 3.27. The molecule has 0 radical (unpaired) electrons. The standard InChI is InChI=1S/C9H12BFO/c1-3-6-4-7(10)9(12-2)5-8(6)11/h4-5H,3,10H2,1-2H3. The number of aryl methyl sites for hydroxylation is 1. The Morgan fingerprint density at radius 3 is 2.67 bits per heavy atom. The molecule has 0 N–H and O–H groups in total. The van der Waals surface area contributed by atoms with E-state index >= 15 is 0 Å². The van der Waals surface area contributed by atoms with Crippen LogP contribution in [0.2, 0.25) is 0 Å². The molecular weight excluding hydrogens is 154 g/mol. The summed E-state index contributed by atoms with van der Waals surface area (Å²) in [6.07, 6.45) is 0.719. The highest BCUT2D eigenvalue weighted by molar-refractivity contribution is 6.34. The Balaban J connectivity index is 3.16. The van der Waals surface area contributed by atoms with Gasteiger partial charge in [0.25, 0.3) is 0 Å². The van der Waals surface area contributed by atoms with Gasteiger partial charge in [0.05, 0.1) is 7.11 Å². The lowest BCUT2D eigenvalue weighted by molar-refractivity contribution is 0.414. The van der Waals surface area contributed by atoms with Gasteiger partial charge in [0.15, 0.2) is 0 Å². The van der Waals surface area contributed by atoms with Crippen molar-refractivity contribution in [1.29, 1.82) is 0 Å². The van der Waals surface area contributed by atoms with E-state index in [1.807, 2.05) is 20.8 Å². The molecule has 0 saturated carbocycles. The van der Waals surface area contributed by atoms with Crippen molar-refractivity contribution in [2.75, 3.05) is 7.11 Å². The lowest BCUT2D eigenvalue weighted by Gasteiger charge is -2.07. The third-order valence-corrected chi connectivity index (χ3v) is 1.94. The SMILES string of the molecule is Bc1cc(CC)c(F)cc1OC. The Morgan fingerprint density at radius 2 is 2.17 bits per heavy atom. The maximum absolute atomic E-state index is 13.1. The summed E-state index contributed by atoms with van der Waals surface area (Å²) in [6.45, 7) is 1.93. The summed E-state index contributed by atoms with van der Waals surface area (Å²) in [5.41, 5.74) is 1.73. The van der Waals surface area contributed by atoms with Crippen molar-refractivity contribution in [3.8, 4) is 5.75 Å². The van der Waals surface area contributed by atoms with E-state index in [4.69, 9.17) is 4.74 Å². The molecule has 1 nitrogen and oxygen atoms in total. The van der Waals surface area contributed by atoms with Crippen LogP contribution >= 0.6 is 0 Å². The second kappa shape index (κ2) is 3.61. The summed E-state index contributed by atoms with van der Waals surface area (Å²) >= 11 is 0. The number of halogens is 1. The normalized spacial score (nSPS) is 9.92. The highest BCUT2D eigenvalue weighted by atomic mass is 19.1. The molecule has 0 heterocycles. The Hall–Kier alpha value is -0.985. The summed E-state index contributed by atoms with van der Waals surface area (Å²) in [5, 5.41) is 0. The van der Waals surface area contributed by atoms with Crippen LogP contribution in [0.25, 0.3) is 0 Å². The van der Waals surface area contributed by atoms with E-state index in [-0.39, 0.29) is 5.82 Å². The molecule has 0 aliphatic rings.